The van der Waals surface area contributed by atoms with Crippen LogP contribution in [0.2, 0.25) is 0 Å². The smallest absolute Gasteiger partial charge is 0.244 e. The number of carbonyl (C=O) groups excluding carboxylic acids is 3. The van der Waals surface area contributed by atoms with Gasteiger partial charge in [-0.1, -0.05) is 44.0 Å². The van der Waals surface area contributed by atoms with Crippen molar-refractivity contribution in [3.05, 3.63) is 29.8 Å². The van der Waals surface area contributed by atoms with Crippen LogP contribution in [0.3, 0.4) is 0 Å². The molecule has 1 N–H and O–H groups in total. The van der Waals surface area contributed by atoms with Gasteiger partial charge < -0.3 is 5.32 Å². The van der Waals surface area contributed by atoms with E-state index in [-0.39, 0.29) is 45.8 Å². The lowest BCUT2D eigenvalue weighted by molar-refractivity contribution is -0.142. The Bertz CT molecular complexity index is 666. The topological polar surface area (TPSA) is 66.5 Å². The Balaban J connectivity index is 1.68. The molecule has 128 valence electrons. The largest absolute Gasteiger partial charge is 0.325 e. The summed E-state index contributed by atoms with van der Waals surface area (Å²) in [5, 5.41) is 2.75. The van der Waals surface area contributed by atoms with Gasteiger partial charge >= 0.3 is 0 Å². The number of hydrogen-bond acceptors (Lipinski definition) is 3. The first-order valence-corrected chi connectivity index (χ1v) is 9.70. The highest BCUT2D eigenvalue weighted by molar-refractivity contribution is 9.12. The lowest BCUT2D eigenvalue weighted by atomic mass is 9.81. The maximum Gasteiger partial charge on any atom is 0.244 e. The van der Waals surface area contributed by atoms with E-state index in [2.05, 4.69) is 37.2 Å². The molecule has 1 aliphatic heterocycles. The van der Waals surface area contributed by atoms with Gasteiger partial charge in [-0.2, -0.15) is 0 Å². The maximum absolute atomic E-state index is 12.5. The van der Waals surface area contributed by atoms with Gasteiger partial charge in [0.15, 0.2) is 0 Å². The van der Waals surface area contributed by atoms with E-state index in [4.69, 9.17) is 0 Å². The molecule has 0 aromatic heterocycles. The summed E-state index contributed by atoms with van der Waals surface area (Å²) in [6, 6.07) is 7.40. The highest BCUT2D eigenvalue weighted by Crippen LogP contribution is 2.43. The summed E-state index contributed by atoms with van der Waals surface area (Å²) in [6.07, 6.45) is 1.22. The van der Waals surface area contributed by atoms with E-state index >= 15 is 0 Å². The number of amides is 3. The molecule has 1 saturated carbocycles. The van der Waals surface area contributed by atoms with Gasteiger partial charge in [0.2, 0.25) is 17.7 Å². The molecule has 1 heterocycles. The van der Waals surface area contributed by atoms with Gasteiger partial charge in [-0.05, 0) is 37.5 Å². The van der Waals surface area contributed by atoms with Crippen molar-refractivity contribution in [3.8, 4) is 0 Å². The number of carbonyl (C=O) groups is 3. The maximum atomic E-state index is 12.5. The minimum Gasteiger partial charge on any atom is -0.325 e. The molecule has 1 saturated heterocycles. The minimum atomic E-state index is -0.355. The van der Waals surface area contributed by atoms with Crippen LogP contribution in [0.25, 0.3) is 0 Å². The lowest BCUT2D eigenvalue weighted by Gasteiger charge is -2.29. The molecule has 0 unspecified atom stereocenters. The molecule has 1 aromatic carbocycles. The van der Waals surface area contributed by atoms with Gasteiger partial charge in [0, 0.05) is 15.3 Å². The van der Waals surface area contributed by atoms with Crippen LogP contribution >= 0.6 is 31.9 Å². The molecule has 1 aromatic rings. The van der Waals surface area contributed by atoms with Gasteiger partial charge in [0.1, 0.15) is 6.54 Å². The fourth-order valence-corrected chi connectivity index (χ4v) is 4.62. The number of rotatable bonds is 3. The Kier molecular flexibility index (Phi) is 5.11. The van der Waals surface area contributed by atoms with E-state index in [1.165, 1.54) is 0 Å². The normalized spacial score (nSPS) is 29.5. The summed E-state index contributed by atoms with van der Waals surface area (Å²) in [4.78, 5) is 38.7. The fraction of sp³-hybridized carbons (Fsp3) is 0.471. The number of aryl methyl sites for hydroxylation is 1. The van der Waals surface area contributed by atoms with Gasteiger partial charge in [0.05, 0.1) is 11.8 Å². The second kappa shape index (κ2) is 6.96. The van der Waals surface area contributed by atoms with Gasteiger partial charge in [-0.3, -0.25) is 19.3 Å². The predicted octanol–water partition coefficient (Wildman–Crippen LogP) is 2.86. The van der Waals surface area contributed by atoms with E-state index < -0.39 is 0 Å². The molecule has 1 aliphatic carbocycles. The summed E-state index contributed by atoms with van der Waals surface area (Å²) in [5.41, 5.74) is 1.69. The number of nitrogens with zero attached hydrogens (tertiary/aromatic N) is 1. The zero-order valence-electron chi connectivity index (χ0n) is 13.2. The van der Waals surface area contributed by atoms with Crippen LogP contribution in [0.15, 0.2) is 24.3 Å². The number of likely N-dealkylation sites (tertiary alicyclic amines) is 1. The SMILES string of the molecule is Cc1cccc(NC(=O)CN2C(=O)[C@H]3C[C@H](Br)[C@@H](Br)C[C@H]3C2=O)c1. The average molecular weight is 458 g/mol. The summed E-state index contributed by atoms with van der Waals surface area (Å²) < 4.78 is 0. The summed E-state index contributed by atoms with van der Waals surface area (Å²) in [5.74, 6) is -1.45. The monoisotopic (exact) mass is 456 g/mol. The van der Waals surface area contributed by atoms with Crippen molar-refractivity contribution in [2.45, 2.75) is 29.4 Å². The Morgan fingerprint density at radius 1 is 1.17 bits per heavy atom. The van der Waals surface area contributed by atoms with E-state index in [1.54, 1.807) is 6.07 Å². The van der Waals surface area contributed by atoms with Gasteiger partial charge in [0.25, 0.3) is 0 Å². The molecule has 2 aliphatic rings. The molecule has 4 atom stereocenters. The number of hydrogen-bond donors (Lipinski definition) is 1. The van der Waals surface area contributed by atoms with Crippen molar-refractivity contribution in [3.63, 3.8) is 0 Å². The quantitative estimate of drug-likeness (QED) is 0.560. The molecule has 24 heavy (non-hydrogen) atoms. The number of alkyl halides is 2. The van der Waals surface area contributed by atoms with Crippen molar-refractivity contribution in [1.29, 1.82) is 0 Å². The minimum absolute atomic E-state index is 0.163. The van der Waals surface area contributed by atoms with E-state index in [1.807, 2.05) is 25.1 Å². The highest BCUT2D eigenvalue weighted by Gasteiger charge is 2.52. The van der Waals surface area contributed by atoms with Crippen LogP contribution < -0.4 is 5.32 Å². The standard InChI is InChI=1S/C17H18Br2N2O3/c1-9-3-2-4-10(5-9)20-15(22)8-21-16(23)11-6-13(18)14(19)7-12(11)17(21)24/h2-5,11-14H,6-8H2,1H3,(H,20,22)/t11-,12+,13-,14-/m0/s1. The third-order valence-corrected chi connectivity index (χ3v) is 7.34. The Morgan fingerprint density at radius 3 is 2.29 bits per heavy atom. The zero-order valence-corrected chi connectivity index (χ0v) is 16.3. The second-order valence-electron chi connectivity index (χ2n) is 6.40. The zero-order chi connectivity index (χ0) is 17.4. The predicted molar refractivity (Wildman–Crippen MR) is 98.2 cm³/mol. The number of benzene rings is 1. The third kappa shape index (κ3) is 3.42. The second-order valence-corrected chi connectivity index (χ2v) is 8.75. The summed E-state index contributed by atoms with van der Waals surface area (Å²) >= 11 is 7.10. The van der Waals surface area contributed by atoms with E-state index in [0.717, 1.165) is 10.5 Å². The highest BCUT2D eigenvalue weighted by atomic mass is 79.9. The van der Waals surface area contributed by atoms with Crippen molar-refractivity contribution >= 4 is 55.3 Å². The lowest BCUT2D eigenvalue weighted by Crippen LogP contribution is -2.38. The fourth-order valence-electron chi connectivity index (χ4n) is 3.39. The molecule has 7 heteroatoms. The van der Waals surface area contributed by atoms with Crippen molar-refractivity contribution < 1.29 is 14.4 Å². The number of halogens is 2. The Hall–Kier alpha value is -1.21. The summed E-state index contributed by atoms with van der Waals surface area (Å²) in [7, 11) is 0. The van der Waals surface area contributed by atoms with Crippen LogP contribution in [0, 0.1) is 18.8 Å². The van der Waals surface area contributed by atoms with Crippen LogP contribution in [0.4, 0.5) is 5.69 Å². The van der Waals surface area contributed by atoms with Crippen LogP contribution in [0.5, 0.6) is 0 Å². The Labute approximate surface area is 157 Å². The third-order valence-electron chi connectivity index (χ3n) is 4.61. The number of nitrogens with one attached hydrogen (secondary N) is 1. The molecule has 0 bridgehead atoms. The first-order valence-electron chi connectivity index (χ1n) is 7.86. The van der Waals surface area contributed by atoms with Crippen LogP contribution in [-0.4, -0.2) is 38.8 Å². The number of fused-ring (bicyclic) bond motifs is 1. The molecule has 0 radical (unpaired) electrons. The van der Waals surface area contributed by atoms with E-state index in [0.29, 0.717) is 18.5 Å². The first kappa shape index (κ1) is 17.6. The van der Waals surface area contributed by atoms with Crippen LogP contribution in [0.1, 0.15) is 18.4 Å². The van der Waals surface area contributed by atoms with Crippen molar-refractivity contribution in [2.75, 3.05) is 11.9 Å². The molecular weight excluding hydrogens is 440 g/mol. The van der Waals surface area contributed by atoms with E-state index in [9.17, 15) is 14.4 Å². The molecular formula is C17H18Br2N2O3. The van der Waals surface area contributed by atoms with Crippen molar-refractivity contribution in [1.82, 2.24) is 4.90 Å². The van der Waals surface area contributed by atoms with Crippen LogP contribution in [-0.2, 0) is 14.4 Å². The molecule has 3 rings (SSSR count). The average Bonchev–Trinajstić information content (AvgIpc) is 2.73. The van der Waals surface area contributed by atoms with Gasteiger partial charge in [-0.15, -0.1) is 0 Å². The van der Waals surface area contributed by atoms with Gasteiger partial charge in [-0.25, -0.2) is 0 Å². The summed E-state index contributed by atoms with van der Waals surface area (Å²) in [6.45, 7) is 1.71. The molecule has 5 nitrogen and oxygen atoms in total. The molecule has 0 spiro atoms. The van der Waals surface area contributed by atoms with Crippen molar-refractivity contribution in [2.24, 2.45) is 11.8 Å². The number of anilines is 1. The molecule has 3 amide bonds. The number of imide groups is 1. The molecule has 2 fully saturated rings. The Morgan fingerprint density at radius 2 is 1.75 bits per heavy atom. The first-order chi connectivity index (χ1) is 11.4.